The first-order valence-corrected chi connectivity index (χ1v) is 15.8. The SMILES string of the molecule is CN(C(=O)c1cc(N2CCC(N3CCOCC3)CC2)c2c(C3CCC3)nn(-c3ccc(F)cc3)c2n1)S(C)(=O)=O. The van der Waals surface area contributed by atoms with E-state index in [1.807, 2.05) is 0 Å². The molecule has 2 aliphatic heterocycles. The first-order valence-electron chi connectivity index (χ1n) is 14.0. The molecule has 0 N–H and O–H groups in total. The van der Waals surface area contributed by atoms with E-state index in [1.54, 1.807) is 22.9 Å². The van der Waals surface area contributed by atoms with Crippen LogP contribution in [-0.2, 0) is 14.8 Å². The molecule has 2 aromatic heterocycles. The lowest BCUT2D eigenvalue weighted by atomic mass is 9.82. The fourth-order valence-corrected chi connectivity index (χ4v) is 6.33. The van der Waals surface area contributed by atoms with E-state index in [0.717, 1.165) is 98.8 Å². The molecule has 3 aromatic rings. The molecule has 0 spiro atoms. The number of pyridine rings is 1. The van der Waals surface area contributed by atoms with Gasteiger partial charge in [-0.15, -0.1) is 0 Å². The summed E-state index contributed by atoms with van der Waals surface area (Å²) < 4.78 is 46.2. The average molecular weight is 571 g/mol. The Morgan fingerprint density at radius 1 is 1.05 bits per heavy atom. The van der Waals surface area contributed by atoms with E-state index in [9.17, 15) is 17.6 Å². The van der Waals surface area contributed by atoms with Gasteiger partial charge in [0.25, 0.3) is 5.91 Å². The molecule has 0 atom stereocenters. The molecule has 12 heteroatoms. The van der Waals surface area contributed by atoms with E-state index in [4.69, 9.17) is 14.8 Å². The third kappa shape index (κ3) is 5.08. The summed E-state index contributed by atoms with van der Waals surface area (Å²) in [6, 6.07) is 8.23. The number of anilines is 1. The summed E-state index contributed by atoms with van der Waals surface area (Å²) >= 11 is 0. The van der Waals surface area contributed by atoms with Crippen molar-refractivity contribution in [3.8, 4) is 5.69 Å². The maximum Gasteiger partial charge on any atom is 0.285 e. The number of aromatic nitrogens is 3. The number of morpholine rings is 1. The molecule has 0 radical (unpaired) electrons. The van der Waals surface area contributed by atoms with Crippen LogP contribution in [0.1, 0.15) is 54.2 Å². The molecular formula is C28H35FN6O4S. The highest BCUT2D eigenvalue weighted by Crippen LogP contribution is 2.43. The standard InChI is InChI=1S/C28H35FN6O4S/c1-32(40(2,37)38)28(36)23-18-24(34-12-10-21(11-13-34)33-14-16-39-17-15-33)25-26(19-4-3-5-19)31-35(27(25)30-23)22-8-6-20(29)7-9-22/h6-9,18-19,21H,3-5,10-17H2,1-2H3. The lowest BCUT2D eigenvalue weighted by molar-refractivity contribution is 0.0115. The van der Waals surface area contributed by atoms with Crippen molar-refractivity contribution >= 4 is 32.7 Å². The van der Waals surface area contributed by atoms with Gasteiger partial charge in [0, 0.05) is 45.2 Å². The van der Waals surface area contributed by atoms with Gasteiger partial charge in [0.15, 0.2) is 5.65 Å². The Kier molecular flexibility index (Phi) is 7.26. The minimum Gasteiger partial charge on any atom is -0.379 e. The van der Waals surface area contributed by atoms with Crippen LogP contribution in [0.3, 0.4) is 0 Å². The van der Waals surface area contributed by atoms with E-state index >= 15 is 0 Å². The fourth-order valence-electron chi connectivity index (χ4n) is 5.94. The van der Waals surface area contributed by atoms with Gasteiger partial charge in [-0.05, 0) is 56.0 Å². The molecule has 1 aromatic carbocycles. The number of hydrogen-bond acceptors (Lipinski definition) is 8. The highest BCUT2D eigenvalue weighted by atomic mass is 32.2. The zero-order valence-electron chi connectivity index (χ0n) is 22.9. The van der Waals surface area contributed by atoms with Crippen molar-refractivity contribution in [3.63, 3.8) is 0 Å². The number of carbonyl (C=O) groups excluding carboxylic acids is 1. The van der Waals surface area contributed by atoms with Crippen LogP contribution in [0, 0.1) is 5.82 Å². The Hall–Kier alpha value is -3.09. The van der Waals surface area contributed by atoms with Gasteiger partial charge < -0.3 is 9.64 Å². The minimum atomic E-state index is -3.78. The molecule has 0 unspecified atom stereocenters. The normalized spacial score (nSPS) is 19.6. The predicted octanol–water partition coefficient (Wildman–Crippen LogP) is 3.16. The largest absolute Gasteiger partial charge is 0.379 e. The number of rotatable bonds is 6. The van der Waals surface area contributed by atoms with Crippen molar-refractivity contribution in [1.82, 2.24) is 24.0 Å². The Balaban J connectivity index is 1.47. The van der Waals surface area contributed by atoms with Crippen LogP contribution in [0.2, 0.25) is 0 Å². The fraction of sp³-hybridized carbons (Fsp3) is 0.536. The van der Waals surface area contributed by atoms with Gasteiger partial charge >= 0.3 is 0 Å². The number of piperidine rings is 1. The second-order valence-corrected chi connectivity index (χ2v) is 13.0. The summed E-state index contributed by atoms with van der Waals surface area (Å²) in [4.78, 5) is 22.9. The van der Waals surface area contributed by atoms with Crippen LogP contribution < -0.4 is 4.90 Å². The molecule has 1 aliphatic carbocycles. The van der Waals surface area contributed by atoms with Crippen molar-refractivity contribution in [2.24, 2.45) is 0 Å². The van der Waals surface area contributed by atoms with E-state index in [0.29, 0.717) is 17.4 Å². The second kappa shape index (κ2) is 10.7. The lowest BCUT2D eigenvalue weighted by Crippen LogP contribution is -2.49. The van der Waals surface area contributed by atoms with E-state index in [2.05, 4.69) is 9.80 Å². The first kappa shape index (κ1) is 27.1. The van der Waals surface area contributed by atoms with E-state index < -0.39 is 15.9 Å². The zero-order valence-corrected chi connectivity index (χ0v) is 23.7. The van der Waals surface area contributed by atoms with Gasteiger partial charge in [-0.3, -0.25) is 9.69 Å². The highest BCUT2D eigenvalue weighted by molar-refractivity contribution is 7.88. The van der Waals surface area contributed by atoms with Crippen LogP contribution in [-0.4, -0.2) is 97.0 Å². The van der Waals surface area contributed by atoms with Gasteiger partial charge in [0.05, 0.1) is 41.9 Å². The third-order valence-electron chi connectivity index (χ3n) is 8.58. The second-order valence-electron chi connectivity index (χ2n) is 11.0. The molecule has 4 heterocycles. The Bertz CT molecular complexity index is 1510. The number of carbonyl (C=O) groups is 1. The zero-order chi connectivity index (χ0) is 28.0. The van der Waals surface area contributed by atoms with E-state index in [1.165, 1.54) is 19.2 Å². The first-order chi connectivity index (χ1) is 19.2. The summed E-state index contributed by atoms with van der Waals surface area (Å²) in [5.74, 6) is -0.788. The van der Waals surface area contributed by atoms with Gasteiger partial charge in [0.1, 0.15) is 11.5 Å². The van der Waals surface area contributed by atoms with Crippen LogP contribution in [0.15, 0.2) is 30.3 Å². The molecule has 3 aliphatic rings. The predicted molar refractivity (Wildman–Crippen MR) is 150 cm³/mol. The van der Waals surface area contributed by atoms with Crippen molar-refractivity contribution < 1.29 is 22.3 Å². The summed E-state index contributed by atoms with van der Waals surface area (Å²) in [6.07, 6.45) is 6.11. The number of benzene rings is 1. The molecule has 40 heavy (non-hydrogen) atoms. The molecular weight excluding hydrogens is 535 g/mol. The number of fused-ring (bicyclic) bond motifs is 1. The monoisotopic (exact) mass is 570 g/mol. The van der Waals surface area contributed by atoms with Gasteiger partial charge in [-0.1, -0.05) is 6.42 Å². The van der Waals surface area contributed by atoms with Crippen LogP contribution in [0.4, 0.5) is 10.1 Å². The maximum atomic E-state index is 13.8. The van der Waals surface area contributed by atoms with Crippen molar-refractivity contribution in [3.05, 3.63) is 47.5 Å². The topological polar surface area (TPSA) is 101 Å². The van der Waals surface area contributed by atoms with Gasteiger partial charge in [-0.25, -0.2) is 26.8 Å². The van der Waals surface area contributed by atoms with Crippen LogP contribution in [0.5, 0.6) is 0 Å². The number of ether oxygens (including phenoxy) is 1. The van der Waals surface area contributed by atoms with Crippen molar-refractivity contribution in [2.75, 3.05) is 57.6 Å². The minimum absolute atomic E-state index is 0.0362. The number of halogens is 1. The third-order valence-corrected chi connectivity index (χ3v) is 9.74. The van der Waals surface area contributed by atoms with Crippen LogP contribution in [0.25, 0.3) is 16.7 Å². The number of hydrogen-bond donors (Lipinski definition) is 0. The Morgan fingerprint density at radius 3 is 2.33 bits per heavy atom. The smallest absolute Gasteiger partial charge is 0.285 e. The van der Waals surface area contributed by atoms with E-state index in [-0.39, 0.29) is 17.4 Å². The molecule has 2 saturated heterocycles. The molecule has 1 amide bonds. The average Bonchev–Trinajstić information content (AvgIpc) is 3.30. The van der Waals surface area contributed by atoms with Gasteiger partial charge in [0.2, 0.25) is 10.0 Å². The number of amides is 1. The number of sulfonamides is 1. The Labute approximate surface area is 233 Å². The van der Waals surface area contributed by atoms with Gasteiger partial charge in [-0.2, -0.15) is 5.10 Å². The lowest BCUT2D eigenvalue weighted by Gasteiger charge is -2.41. The maximum absolute atomic E-state index is 13.8. The molecule has 6 rings (SSSR count). The van der Waals surface area contributed by atoms with Crippen molar-refractivity contribution in [1.29, 1.82) is 0 Å². The summed E-state index contributed by atoms with van der Waals surface area (Å²) in [7, 11) is -2.54. The summed E-state index contributed by atoms with van der Waals surface area (Å²) in [5.41, 5.74) is 2.92. The summed E-state index contributed by atoms with van der Waals surface area (Å²) in [5, 5.41) is 5.88. The number of nitrogens with zero attached hydrogens (tertiary/aromatic N) is 6. The molecule has 10 nitrogen and oxygen atoms in total. The molecule has 214 valence electrons. The Morgan fingerprint density at radius 2 is 1.73 bits per heavy atom. The van der Waals surface area contributed by atoms with Crippen LogP contribution >= 0.6 is 0 Å². The quantitative estimate of drug-likeness (QED) is 0.446. The van der Waals surface area contributed by atoms with Crippen molar-refractivity contribution in [2.45, 2.75) is 44.1 Å². The highest BCUT2D eigenvalue weighted by Gasteiger charge is 2.33. The summed E-state index contributed by atoms with van der Waals surface area (Å²) in [6.45, 7) is 4.99. The molecule has 0 bridgehead atoms. The molecule has 3 fully saturated rings. The molecule has 1 saturated carbocycles.